The van der Waals surface area contributed by atoms with Crippen LogP contribution in [0.1, 0.15) is 142 Å². The molecule has 1 saturated carbocycles. The number of thioether (sulfide) groups is 2. The van der Waals surface area contributed by atoms with Gasteiger partial charge in [-0.1, -0.05) is 103 Å². The van der Waals surface area contributed by atoms with E-state index in [1.165, 1.54) is 99.4 Å². The van der Waals surface area contributed by atoms with Gasteiger partial charge in [-0.05, 0) is 128 Å². The summed E-state index contributed by atoms with van der Waals surface area (Å²) in [7, 11) is 0. The second kappa shape index (κ2) is 38.9. The number of rotatable bonds is 11. The number of hydrogen-bond acceptors (Lipinski definition) is 20. The van der Waals surface area contributed by atoms with E-state index >= 15 is 9.59 Å². The molecule has 3 aromatic carbocycles. The number of aromatic amines is 1. The number of benzene rings is 3. The van der Waals surface area contributed by atoms with Gasteiger partial charge >= 0.3 is 0 Å². The third-order valence-corrected chi connectivity index (χ3v) is 23.0. The second-order valence-electron chi connectivity index (χ2n) is 31.0. The summed E-state index contributed by atoms with van der Waals surface area (Å²) < 4.78 is 0. The Morgan fingerprint density at radius 2 is 1.21 bits per heavy atom. The molecule has 112 heavy (non-hydrogen) atoms. The second-order valence-corrected chi connectivity index (χ2v) is 33.1. The molecule has 31 nitrogen and oxygen atoms in total. The molecule has 2 aliphatic heterocycles. The number of pyridine rings is 1. The number of hydrogen-bond donors (Lipinski definition) is 16. The van der Waals surface area contributed by atoms with Crippen molar-refractivity contribution in [2.45, 2.75) is 223 Å². The average molecular weight is 1590 g/mol. The molecule has 13 atom stereocenters. The van der Waals surface area contributed by atoms with E-state index in [4.69, 9.17) is 5.73 Å². The zero-order valence-corrected chi connectivity index (χ0v) is 66.4. The van der Waals surface area contributed by atoms with Crippen LogP contribution >= 0.6 is 23.5 Å². The van der Waals surface area contributed by atoms with Gasteiger partial charge in [0.05, 0.1) is 23.7 Å². The number of aromatic nitrogens is 2. The first-order valence-electron chi connectivity index (χ1n) is 37.6. The van der Waals surface area contributed by atoms with E-state index in [2.05, 4.69) is 63.1 Å². The molecule has 17 N–H and O–H groups in total. The molecule has 4 heterocycles. The van der Waals surface area contributed by atoms with E-state index in [1.807, 2.05) is 18.2 Å². The molecule has 606 valence electrons. The van der Waals surface area contributed by atoms with Crippen molar-refractivity contribution >= 4 is 111 Å². The van der Waals surface area contributed by atoms with Crippen LogP contribution in [0, 0.1) is 16.7 Å². The first-order valence-corrected chi connectivity index (χ1v) is 39.9. The van der Waals surface area contributed by atoms with Gasteiger partial charge in [-0.3, -0.25) is 62.3 Å². The number of aliphatic hydroxyl groups excluding tert-OH is 2. The Labute approximate surface area is 659 Å². The number of fused-ring (bicyclic) bond motifs is 4. The number of carbonyl (C=O) groups excluding carboxylic acids is 13. The zero-order valence-electron chi connectivity index (χ0n) is 64.7. The smallest absolute Gasteiger partial charge is 0.246 e. The number of nitrogens with two attached hydrogens (primary N) is 1. The fourth-order valence-electron chi connectivity index (χ4n) is 13.8. The van der Waals surface area contributed by atoms with Gasteiger partial charge in [-0.2, -0.15) is 23.5 Å². The Balaban J connectivity index is 1.13. The number of aliphatic hydroxyl groups is 2. The minimum atomic E-state index is -1.79. The SMILES string of the molecule is CC(=O)N[C@H]1CSCc2cccc(c2)CSC[C@H](C(N)=O)NC(=O)[C@H]([C@@H](C)O)NC(=O)[C@](C)(C(C)C)CC(=O)[C@H](Cc2ccc(O)cc2)NC(=O)[C@H](C)NC(=O)C2(CCCC2)NC(=O)[C@H](Cc2c[nH]c3ncccc23)NC(=O)[C@H]([C@@H](C)O)NC(=O)[C@@H]2CCCN2C(=O)[C@H](Cc2ccc(O)cc2)NC(=O)[C@H](C(C)(C)C)NC1=O. The highest BCUT2D eigenvalue weighted by molar-refractivity contribution is 7.98. The van der Waals surface area contributed by atoms with Crippen LogP contribution in [0.4, 0.5) is 0 Å². The topological polar surface area (TPSA) is 481 Å². The third-order valence-electron chi connectivity index (χ3n) is 20.8. The molecule has 5 aromatic rings. The van der Waals surface area contributed by atoms with Gasteiger partial charge < -0.3 is 89.2 Å². The predicted molar refractivity (Wildman–Crippen MR) is 420 cm³/mol. The van der Waals surface area contributed by atoms with E-state index in [0.717, 1.165) is 11.1 Å². The van der Waals surface area contributed by atoms with Crippen molar-refractivity contribution in [3.63, 3.8) is 0 Å². The molecule has 0 radical (unpaired) electrons. The standard InChI is InChI=1S/C79H106N14O17S2/c1-42(2)78(10)36-61(99)55(33-47-20-24-52(97)25-21-47)85-67(101)43(3)83-76(110)79(28-11-12-29-79)92-69(103)56(35-51-37-82-66-54(51)18-14-30-81-66)86-71(105)62(44(4)94)89-70(104)60-19-15-31-93(60)74(108)57(34-48-22-26-53(98)27-23-48)87-73(107)64(77(7,8)9)91-68(102)59(84-46(6)96)41-112-39-50-17-13-16-49(32-50)38-111-40-58(65(80)100)88-72(106)63(45(5)95)90-75(78)109/h13-14,16-18,20-27,30,32,37,42-45,55-60,62-64,94-95,97-98H,11-12,15,19,28-29,31,33-36,38-41H2,1-10H3,(H2,80,100)(H,81,82)(H,83,110)(H,84,96)(H,85,101)(H,86,105)(H,87,107)(H,88,106)(H,89,104)(H,90,109)(H,91,102)(H,92,103)/t43-,44+,45+,55-,56-,57-,58+,59-,60-,62-,63-,64+,78-/m0/s1. The normalized spacial score (nSPS) is 26.0. The van der Waals surface area contributed by atoms with E-state index in [-0.39, 0.29) is 74.5 Å². The zero-order chi connectivity index (χ0) is 82.1. The van der Waals surface area contributed by atoms with Crippen molar-refractivity contribution in [2.24, 2.45) is 22.5 Å². The average Bonchev–Trinajstić information content (AvgIpc) is 1.46. The number of H-pyrrole nitrogens is 1. The number of Topliss-reactive ketones (excluding diaryl/α,β-unsaturated/α-hetero) is 1. The van der Waals surface area contributed by atoms with Crippen molar-refractivity contribution in [3.8, 4) is 11.5 Å². The van der Waals surface area contributed by atoms with Crippen LogP contribution in [0.3, 0.4) is 0 Å². The van der Waals surface area contributed by atoms with Gasteiger partial charge in [0.25, 0.3) is 0 Å². The molecule has 2 bridgehead atoms. The van der Waals surface area contributed by atoms with Crippen LogP contribution in [0.15, 0.2) is 97.3 Å². The summed E-state index contributed by atoms with van der Waals surface area (Å²) in [5.41, 5.74) is 4.91. The first-order chi connectivity index (χ1) is 52.9. The maximum absolute atomic E-state index is 15.2. The van der Waals surface area contributed by atoms with Crippen LogP contribution in [0.25, 0.3) is 11.0 Å². The largest absolute Gasteiger partial charge is 0.508 e. The molecule has 1 aliphatic carbocycles. The summed E-state index contributed by atoms with van der Waals surface area (Å²) >= 11 is 2.54. The Morgan fingerprint density at radius 1 is 0.643 bits per heavy atom. The number of phenols is 2. The van der Waals surface area contributed by atoms with Crippen molar-refractivity contribution in [2.75, 3.05) is 18.1 Å². The quantitative estimate of drug-likeness (QED) is 0.0898. The molecule has 1 saturated heterocycles. The maximum atomic E-state index is 15.2. The highest BCUT2D eigenvalue weighted by atomic mass is 32.2. The van der Waals surface area contributed by atoms with Gasteiger partial charge in [0.1, 0.15) is 77.1 Å². The molecule has 2 aromatic heterocycles. The van der Waals surface area contributed by atoms with Crippen LogP contribution in [0.5, 0.6) is 11.5 Å². The van der Waals surface area contributed by atoms with Crippen molar-refractivity contribution in [1.29, 1.82) is 0 Å². The minimum Gasteiger partial charge on any atom is -0.508 e. The van der Waals surface area contributed by atoms with E-state index in [1.54, 1.807) is 77.3 Å². The summed E-state index contributed by atoms with van der Waals surface area (Å²) in [5, 5.41) is 70.7. The van der Waals surface area contributed by atoms with Gasteiger partial charge in [-0.15, -0.1) is 0 Å². The molecular weight excluding hydrogens is 1480 g/mol. The Kier molecular flexibility index (Phi) is 30.4. The molecule has 3 aliphatic rings. The monoisotopic (exact) mass is 1590 g/mol. The van der Waals surface area contributed by atoms with Crippen LogP contribution < -0.4 is 58.9 Å². The molecule has 12 amide bonds. The lowest BCUT2D eigenvalue weighted by Gasteiger charge is -2.35. The van der Waals surface area contributed by atoms with Crippen LogP contribution in [0.2, 0.25) is 0 Å². The lowest BCUT2D eigenvalue weighted by atomic mass is 9.73. The summed E-state index contributed by atoms with van der Waals surface area (Å²) in [6.07, 6.45) is 0.0631. The molecule has 33 heteroatoms. The summed E-state index contributed by atoms with van der Waals surface area (Å²) in [6, 6.07) is 8.03. The molecule has 8 rings (SSSR count). The number of nitrogens with one attached hydrogen (secondary N) is 11. The number of amides is 12. The highest BCUT2D eigenvalue weighted by Crippen LogP contribution is 2.35. The number of phenolic OH excluding ortho intramolecular Hbond substituents is 2. The lowest BCUT2D eigenvalue weighted by molar-refractivity contribution is -0.143. The van der Waals surface area contributed by atoms with Crippen LogP contribution in [-0.2, 0) is 93.1 Å². The van der Waals surface area contributed by atoms with Gasteiger partial charge in [0.2, 0.25) is 70.9 Å². The van der Waals surface area contributed by atoms with Gasteiger partial charge in [0.15, 0.2) is 5.78 Å². The molecule has 1 spiro atoms. The predicted octanol–water partition coefficient (Wildman–Crippen LogP) is 1.92. The number of aromatic hydroxyl groups is 2. The molecule has 0 unspecified atom stereocenters. The Hall–Kier alpha value is -10.1. The van der Waals surface area contributed by atoms with Crippen molar-refractivity contribution in [3.05, 3.63) is 125 Å². The Bertz CT molecular complexity index is 4240. The van der Waals surface area contributed by atoms with E-state index in [0.29, 0.717) is 52.1 Å². The first kappa shape index (κ1) is 87.5. The van der Waals surface area contributed by atoms with E-state index < -0.39 is 178 Å². The van der Waals surface area contributed by atoms with Gasteiger partial charge in [0, 0.05) is 73.5 Å². The number of ketones is 1. The fourth-order valence-corrected chi connectivity index (χ4v) is 15.8. The van der Waals surface area contributed by atoms with Crippen LogP contribution in [-0.4, -0.2) is 208 Å². The lowest BCUT2D eigenvalue weighted by Crippen LogP contribution is -2.65. The van der Waals surface area contributed by atoms with Gasteiger partial charge in [-0.25, -0.2) is 4.98 Å². The third kappa shape index (κ3) is 23.3. The number of primary amides is 1. The summed E-state index contributed by atoms with van der Waals surface area (Å²) in [6.45, 7) is 14.9. The minimum absolute atomic E-state index is 0.00503. The summed E-state index contributed by atoms with van der Waals surface area (Å²) in [4.78, 5) is 197. The molecular formula is C79H106N14O17S2. The number of carbonyl (C=O) groups is 13. The van der Waals surface area contributed by atoms with Crippen molar-refractivity contribution in [1.82, 2.24) is 68.0 Å². The summed E-state index contributed by atoms with van der Waals surface area (Å²) in [5.74, 6) is -10.9. The van der Waals surface area contributed by atoms with Crippen molar-refractivity contribution < 1.29 is 82.8 Å². The molecule has 2 fully saturated rings. The fraction of sp³-hybridized carbons (Fsp3) is 0.519. The number of nitrogens with zero attached hydrogens (tertiary/aromatic N) is 2. The maximum Gasteiger partial charge on any atom is 0.246 e. The van der Waals surface area contributed by atoms with E-state index in [9.17, 15) is 73.2 Å². The Morgan fingerprint density at radius 3 is 1.79 bits per heavy atom. The highest BCUT2D eigenvalue weighted by Gasteiger charge is 2.48.